The van der Waals surface area contributed by atoms with Crippen LogP contribution < -0.4 is 5.32 Å². The molecule has 1 spiro atoms. The molecule has 0 unspecified atom stereocenters. The molecule has 1 heterocycles. The van der Waals surface area contributed by atoms with Crippen LogP contribution in [0.2, 0.25) is 0 Å². The molecular formula is C17H22N2O. The highest BCUT2D eigenvalue weighted by atomic mass is 16.1. The largest absolute Gasteiger partial charge is 0.310 e. The molecule has 1 aromatic rings. The molecule has 1 aromatic heterocycles. The van der Waals surface area contributed by atoms with Crippen molar-refractivity contribution in [2.24, 2.45) is 11.3 Å². The fourth-order valence-corrected chi connectivity index (χ4v) is 3.05. The number of nitrogens with one attached hydrogen (secondary N) is 1. The molecule has 20 heavy (non-hydrogen) atoms. The average Bonchev–Trinajstić information content (AvgIpc) is 3.07. The fraction of sp³-hybridized carbons (Fsp3) is 0.529. The van der Waals surface area contributed by atoms with Crippen LogP contribution >= 0.6 is 0 Å². The summed E-state index contributed by atoms with van der Waals surface area (Å²) in [6, 6.07) is 4.00. The average molecular weight is 270 g/mol. The molecule has 1 amide bonds. The first-order valence-corrected chi connectivity index (χ1v) is 7.45. The molecule has 0 atom stereocenters. The van der Waals surface area contributed by atoms with Gasteiger partial charge in [0.2, 0.25) is 5.91 Å². The molecule has 106 valence electrons. The topological polar surface area (TPSA) is 42.0 Å². The summed E-state index contributed by atoms with van der Waals surface area (Å²) in [7, 11) is 0. The van der Waals surface area contributed by atoms with Crippen molar-refractivity contribution in [1.82, 2.24) is 4.98 Å². The summed E-state index contributed by atoms with van der Waals surface area (Å²) >= 11 is 0. The van der Waals surface area contributed by atoms with E-state index in [1.807, 2.05) is 26.1 Å². The Morgan fingerprint density at radius 3 is 2.55 bits per heavy atom. The van der Waals surface area contributed by atoms with E-state index in [1.54, 1.807) is 0 Å². The number of aromatic nitrogens is 1. The maximum Gasteiger partial charge on any atom is 0.228 e. The van der Waals surface area contributed by atoms with Crippen molar-refractivity contribution < 1.29 is 4.79 Å². The first-order valence-electron chi connectivity index (χ1n) is 7.45. The Balaban J connectivity index is 1.73. The Bertz CT molecular complexity index is 565. The van der Waals surface area contributed by atoms with Crippen LogP contribution in [0.5, 0.6) is 0 Å². The highest BCUT2D eigenvalue weighted by Gasteiger charge is 2.47. The third-order valence-electron chi connectivity index (χ3n) is 4.55. The van der Waals surface area contributed by atoms with E-state index in [9.17, 15) is 4.79 Å². The zero-order valence-corrected chi connectivity index (χ0v) is 12.5. The van der Waals surface area contributed by atoms with Gasteiger partial charge in [-0.05, 0) is 61.3 Å². The summed E-state index contributed by atoms with van der Waals surface area (Å²) < 4.78 is 0. The molecule has 0 radical (unpaired) electrons. The van der Waals surface area contributed by atoms with Gasteiger partial charge >= 0.3 is 0 Å². The lowest BCUT2D eigenvalue weighted by Gasteiger charge is -2.09. The van der Waals surface area contributed by atoms with Crippen LogP contribution in [0.4, 0.5) is 5.82 Å². The number of hydrogen-bond acceptors (Lipinski definition) is 2. The number of pyridine rings is 1. The highest BCUT2D eigenvalue weighted by molar-refractivity contribution is 5.91. The lowest BCUT2D eigenvalue weighted by Crippen LogP contribution is -2.18. The van der Waals surface area contributed by atoms with E-state index < -0.39 is 0 Å². The van der Waals surface area contributed by atoms with Gasteiger partial charge in [-0.3, -0.25) is 4.79 Å². The van der Waals surface area contributed by atoms with Crippen LogP contribution in [-0.4, -0.2) is 10.9 Å². The van der Waals surface area contributed by atoms with Crippen LogP contribution in [-0.2, 0) is 4.79 Å². The van der Waals surface area contributed by atoms with Gasteiger partial charge in [-0.15, -0.1) is 0 Å². The first kappa shape index (κ1) is 13.3. The summed E-state index contributed by atoms with van der Waals surface area (Å²) in [5.41, 5.74) is 4.80. The summed E-state index contributed by atoms with van der Waals surface area (Å²) in [5, 5.41) is 2.83. The molecular weight excluding hydrogens is 248 g/mol. The molecule has 1 saturated carbocycles. The van der Waals surface area contributed by atoms with E-state index >= 15 is 0 Å². The van der Waals surface area contributed by atoms with Crippen molar-refractivity contribution in [1.29, 1.82) is 0 Å². The van der Waals surface area contributed by atoms with Gasteiger partial charge in [0.15, 0.2) is 0 Å². The third kappa shape index (κ3) is 2.49. The van der Waals surface area contributed by atoms with Crippen molar-refractivity contribution in [3.63, 3.8) is 0 Å². The van der Waals surface area contributed by atoms with Gasteiger partial charge in [0.25, 0.3) is 0 Å². The van der Waals surface area contributed by atoms with Gasteiger partial charge in [-0.1, -0.05) is 19.4 Å². The van der Waals surface area contributed by atoms with E-state index in [0.29, 0.717) is 11.2 Å². The number of anilines is 1. The van der Waals surface area contributed by atoms with E-state index in [1.165, 1.54) is 42.4 Å². The molecule has 0 bridgehead atoms. The Kier molecular flexibility index (Phi) is 3.15. The second-order valence-electron chi connectivity index (χ2n) is 6.69. The van der Waals surface area contributed by atoms with E-state index in [4.69, 9.17) is 0 Å². The number of rotatable bonds is 3. The first-order chi connectivity index (χ1) is 9.49. The number of carbonyl (C=O) groups excluding carboxylic acids is 1. The molecule has 0 aliphatic heterocycles. The van der Waals surface area contributed by atoms with Crippen LogP contribution in [0.3, 0.4) is 0 Å². The summed E-state index contributed by atoms with van der Waals surface area (Å²) in [6.45, 7) is 6.01. The zero-order valence-electron chi connectivity index (χ0n) is 12.5. The molecule has 0 aromatic carbocycles. The summed E-state index contributed by atoms with van der Waals surface area (Å²) in [4.78, 5) is 16.0. The van der Waals surface area contributed by atoms with Gasteiger partial charge in [0.05, 0.1) is 0 Å². The maximum atomic E-state index is 11.6. The third-order valence-corrected chi connectivity index (χ3v) is 4.55. The van der Waals surface area contributed by atoms with Crippen molar-refractivity contribution in [3.05, 3.63) is 29.5 Å². The van der Waals surface area contributed by atoms with Crippen molar-refractivity contribution >= 4 is 17.3 Å². The molecule has 0 saturated heterocycles. The summed E-state index contributed by atoms with van der Waals surface area (Å²) in [5.74, 6) is 0.634. The molecule has 3 rings (SSSR count). The van der Waals surface area contributed by atoms with E-state index in [-0.39, 0.29) is 11.8 Å². The number of carbonyl (C=O) groups is 1. The Morgan fingerprint density at radius 1 is 1.30 bits per heavy atom. The SMILES string of the molecule is CC1=C(c2ccc(NC(=O)C(C)C)nc2)CC2(CC2)C1. The van der Waals surface area contributed by atoms with Gasteiger partial charge in [-0.25, -0.2) is 4.98 Å². The number of amides is 1. The van der Waals surface area contributed by atoms with E-state index in [2.05, 4.69) is 23.3 Å². The van der Waals surface area contributed by atoms with Gasteiger partial charge in [0, 0.05) is 12.1 Å². The Labute approximate surface area is 120 Å². The van der Waals surface area contributed by atoms with Crippen molar-refractivity contribution in [3.8, 4) is 0 Å². The maximum absolute atomic E-state index is 11.6. The van der Waals surface area contributed by atoms with Gasteiger partial charge in [-0.2, -0.15) is 0 Å². The van der Waals surface area contributed by atoms with Crippen molar-refractivity contribution in [2.75, 3.05) is 5.32 Å². The minimum Gasteiger partial charge on any atom is -0.310 e. The predicted molar refractivity (Wildman–Crippen MR) is 81.2 cm³/mol. The zero-order chi connectivity index (χ0) is 14.3. The number of hydrogen-bond donors (Lipinski definition) is 1. The van der Waals surface area contributed by atoms with Crippen LogP contribution in [0.15, 0.2) is 23.9 Å². The van der Waals surface area contributed by atoms with Crippen LogP contribution in [0, 0.1) is 11.3 Å². The number of nitrogens with zero attached hydrogens (tertiary/aromatic N) is 1. The second kappa shape index (κ2) is 4.72. The standard InChI is InChI=1S/C17H22N2O/c1-11(2)16(20)19-15-5-4-13(10-18-15)14-9-17(6-7-17)8-12(14)3/h4-5,10-11H,6-9H2,1-3H3,(H,18,19,20). The monoisotopic (exact) mass is 270 g/mol. The predicted octanol–water partition coefficient (Wildman–Crippen LogP) is 4.02. The Hall–Kier alpha value is -1.64. The lowest BCUT2D eigenvalue weighted by atomic mass is 10.00. The molecule has 2 aliphatic rings. The summed E-state index contributed by atoms with van der Waals surface area (Å²) in [6.07, 6.45) is 7.12. The fourth-order valence-electron chi connectivity index (χ4n) is 3.05. The van der Waals surface area contributed by atoms with Gasteiger partial charge in [0.1, 0.15) is 5.82 Å². The Morgan fingerprint density at radius 2 is 2.05 bits per heavy atom. The van der Waals surface area contributed by atoms with Gasteiger partial charge < -0.3 is 5.32 Å². The molecule has 3 nitrogen and oxygen atoms in total. The van der Waals surface area contributed by atoms with Crippen LogP contribution in [0.25, 0.3) is 5.57 Å². The molecule has 3 heteroatoms. The second-order valence-corrected chi connectivity index (χ2v) is 6.69. The minimum atomic E-state index is -0.0222. The quantitative estimate of drug-likeness (QED) is 0.901. The number of allylic oxidation sites excluding steroid dienone is 2. The lowest BCUT2D eigenvalue weighted by molar-refractivity contribution is -0.118. The smallest absolute Gasteiger partial charge is 0.228 e. The van der Waals surface area contributed by atoms with Crippen molar-refractivity contribution in [2.45, 2.75) is 46.5 Å². The minimum absolute atomic E-state index is 0.0124. The van der Waals surface area contributed by atoms with E-state index in [0.717, 1.165) is 0 Å². The molecule has 1 fully saturated rings. The highest BCUT2D eigenvalue weighted by Crippen LogP contribution is 2.61. The normalized spacial score (nSPS) is 19.8. The van der Waals surface area contributed by atoms with Crippen LogP contribution in [0.1, 0.15) is 52.0 Å². The molecule has 1 N–H and O–H groups in total. The molecule has 2 aliphatic carbocycles.